The Kier molecular flexibility index (Phi) is 14.8. The van der Waals surface area contributed by atoms with Crippen molar-refractivity contribution in [3.8, 4) is 17.2 Å². The molecule has 1 unspecified atom stereocenters. The Labute approximate surface area is 350 Å². The van der Waals surface area contributed by atoms with Crippen LogP contribution in [0.3, 0.4) is 0 Å². The summed E-state index contributed by atoms with van der Waals surface area (Å²) in [5, 5.41) is 25.1. The third-order valence-corrected chi connectivity index (χ3v) is 10.9. The van der Waals surface area contributed by atoms with Crippen LogP contribution in [0.5, 0.6) is 17.2 Å². The fraction of sp³-hybridized carbons (Fsp3) is 0.519. The molecule has 0 bridgehead atoms. The lowest BCUT2D eigenvalue weighted by Crippen LogP contribution is -2.42. The number of para-hydroxylation sites is 1. The van der Waals surface area contributed by atoms with Crippen LogP contribution in [0.2, 0.25) is 0 Å². The monoisotopic (exact) mass is 794 g/mol. The largest absolute Gasteiger partial charge is 0.504 e. The number of aliphatic imine (C=N–C) groups is 1. The second-order valence-electron chi connectivity index (χ2n) is 20.1. The molecule has 58 heavy (non-hydrogen) atoms. The zero-order chi connectivity index (χ0) is 43.3. The second kappa shape index (κ2) is 18.4. The summed E-state index contributed by atoms with van der Waals surface area (Å²) in [7, 11) is 0. The van der Waals surface area contributed by atoms with E-state index in [0.717, 1.165) is 65.0 Å². The summed E-state index contributed by atoms with van der Waals surface area (Å²) in [6.07, 6.45) is 5.73. The Morgan fingerprint density at radius 3 is 1.41 bits per heavy atom. The number of phenols is 1. The number of unbranched alkanes of at least 4 members (excludes halogenated alkanes) is 2. The summed E-state index contributed by atoms with van der Waals surface area (Å²) in [6, 6.07) is 22.1. The van der Waals surface area contributed by atoms with E-state index in [-0.39, 0.29) is 27.2 Å². The molecular formula is C52H72FNO4. The Morgan fingerprint density at radius 1 is 0.621 bits per heavy atom. The quantitative estimate of drug-likeness (QED) is 0.0929. The van der Waals surface area contributed by atoms with Gasteiger partial charge in [0.15, 0.2) is 11.6 Å². The van der Waals surface area contributed by atoms with Gasteiger partial charge in [-0.3, -0.25) is 4.99 Å². The minimum atomic E-state index is -1.75. The van der Waals surface area contributed by atoms with Gasteiger partial charge >= 0.3 is 0 Å². The van der Waals surface area contributed by atoms with Crippen LogP contribution in [0.4, 0.5) is 4.39 Å². The Hall–Kier alpha value is -4.16. The van der Waals surface area contributed by atoms with Gasteiger partial charge in [0.1, 0.15) is 17.1 Å². The summed E-state index contributed by atoms with van der Waals surface area (Å²) < 4.78 is 28.2. The average Bonchev–Trinajstić information content (AvgIpc) is 3.13. The van der Waals surface area contributed by atoms with E-state index < -0.39 is 23.2 Å². The van der Waals surface area contributed by atoms with E-state index >= 15 is 0 Å². The lowest BCUT2D eigenvalue weighted by atomic mass is 9.70. The standard InChI is InChI=1S/C52H72FNO4/c1-15-17-27-57-46-39(48(3,4)5)30-37(31-40(46)49(6,7)8)52(56,38-32-41(50(9,10)11)47(58-28-18-16-2)42(33-38)51(12,13)14)44(29-35-23-20-19-21-24-35)54-34-36-25-22-26-43(53)45(36)55/h19-26,30-34,44,55-56H,15-18,27-29H2,1-14H3. The molecule has 0 amide bonds. The molecule has 0 aliphatic carbocycles. The number of hydrogen-bond donors (Lipinski definition) is 2. The summed E-state index contributed by atoms with van der Waals surface area (Å²) in [5.74, 6) is 0.506. The first-order valence-electron chi connectivity index (χ1n) is 21.4. The predicted molar refractivity (Wildman–Crippen MR) is 241 cm³/mol. The molecule has 1 atom stereocenters. The molecule has 0 aliphatic rings. The summed E-state index contributed by atoms with van der Waals surface area (Å²) in [6.45, 7) is 31.8. The van der Waals surface area contributed by atoms with Gasteiger partial charge in [0.05, 0.1) is 19.3 Å². The van der Waals surface area contributed by atoms with E-state index in [9.17, 15) is 14.6 Å². The molecule has 6 heteroatoms. The van der Waals surface area contributed by atoms with Crippen LogP contribution in [0.1, 0.15) is 167 Å². The number of aromatic hydroxyl groups is 1. The maximum absolute atomic E-state index is 14.8. The fourth-order valence-electron chi connectivity index (χ4n) is 7.38. The van der Waals surface area contributed by atoms with Gasteiger partial charge in [0.2, 0.25) is 0 Å². The fourth-order valence-corrected chi connectivity index (χ4v) is 7.38. The topological polar surface area (TPSA) is 71.3 Å². The number of phenolic OH excluding ortho intramolecular Hbond substituents is 1. The van der Waals surface area contributed by atoms with Crippen molar-refractivity contribution >= 4 is 6.21 Å². The van der Waals surface area contributed by atoms with E-state index in [1.807, 2.05) is 30.3 Å². The molecule has 4 aromatic carbocycles. The van der Waals surface area contributed by atoms with Crippen LogP contribution in [-0.2, 0) is 33.7 Å². The van der Waals surface area contributed by atoms with E-state index in [1.165, 1.54) is 12.3 Å². The highest BCUT2D eigenvalue weighted by Gasteiger charge is 2.45. The van der Waals surface area contributed by atoms with Crippen molar-refractivity contribution in [1.29, 1.82) is 0 Å². The molecule has 4 rings (SSSR count). The zero-order valence-corrected chi connectivity index (χ0v) is 38.1. The number of hydrogen-bond acceptors (Lipinski definition) is 5. The van der Waals surface area contributed by atoms with Gasteiger partial charge in [-0.05, 0) is 94.0 Å². The van der Waals surface area contributed by atoms with Crippen molar-refractivity contribution < 1.29 is 24.1 Å². The Balaban J connectivity index is 2.27. The first kappa shape index (κ1) is 46.5. The van der Waals surface area contributed by atoms with Crippen LogP contribution in [-0.4, -0.2) is 35.7 Å². The van der Waals surface area contributed by atoms with Crippen LogP contribution in [0, 0.1) is 5.82 Å². The first-order valence-corrected chi connectivity index (χ1v) is 21.4. The minimum absolute atomic E-state index is 0.233. The normalized spacial score (nSPS) is 13.6. The summed E-state index contributed by atoms with van der Waals surface area (Å²) >= 11 is 0. The molecule has 0 aromatic heterocycles. The van der Waals surface area contributed by atoms with Crippen LogP contribution < -0.4 is 9.47 Å². The highest BCUT2D eigenvalue weighted by molar-refractivity contribution is 5.83. The molecule has 0 fully saturated rings. The highest BCUT2D eigenvalue weighted by atomic mass is 19.1. The van der Waals surface area contributed by atoms with Gasteiger partial charge in [-0.15, -0.1) is 0 Å². The zero-order valence-electron chi connectivity index (χ0n) is 38.1. The highest BCUT2D eigenvalue weighted by Crippen LogP contribution is 2.49. The smallest absolute Gasteiger partial charge is 0.165 e. The van der Waals surface area contributed by atoms with Gasteiger partial charge in [0, 0.05) is 34.0 Å². The van der Waals surface area contributed by atoms with Crippen molar-refractivity contribution in [1.82, 2.24) is 0 Å². The Bertz CT molecular complexity index is 1840. The lowest BCUT2D eigenvalue weighted by molar-refractivity contribution is 0.0520. The second-order valence-corrected chi connectivity index (χ2v) is 20.1. The SMILES string of the molecule is CCCCOc1c(C(C)(C)C)cc(C(O)(c2cc(C(C)(C)C)c(OCCCC)c(C(C)(C)C)c2)C(Cc2ccccc2)N=Cc2cccc(F)c2O)cc1C(C)(C)C. The van der Waals surface area contributed by atoms with Gasteiger partial charge in [-0.2, -0.15) is 0 Å². The average molecular weight is 794 g/mol. The predicted octanol–water partition coefficient (Wildman–Crippen LogP) is 13.0. The molecule has 0 saturated carbocycles. The summed E-state index contributed by atoms with van der Waals surface area (Å²) in [4.78, 5) is 5.19. The molecule has 0 heterocycles. The number of nitrogens with zero attached hydrogens (tertiary/aromatic N) is 1. The summed E-state index contributed by atoms with van der Waals surface area (Å²) in [5.41, 5.74) is 3.42. The minimum Gasteiger partial charge on any atom is -0.504 e. The van der Waals surface area contributed by atoms with Gasteiger partial charge < -0.3 is 19.7 Å². The van der Waals surface area contributed by atoms with Crippen LogP contribution in [0.25, 0.3) is 0 Å². The molecular weight excluding hydrogens is 722 g/mol. The molecule has 2 N–H and O–H groups in total. The number of aliphatic hydroxyl groups is 1. The maximum atomic E-state index is 14.8. The van der Waals surface area contributed by atoms with E-state index in [2.05, 4.69) is 121 Å². The molecule has 0 saturated heterocycles. The maximum Gasteiger partial charge on any atom is 0.165 e. The first-order chi connectivity index (χ1) is 26.9. The lowest BCUT2D eigenvalue weighted by Gasteiger charge is -2.40. The number of benzene rings is 4. The molecule has 0 aliphatic heterocycles. The number of rotatable bonds is 15. The van der Waals surface area contributed by atoms with Crippen molar-refractivity contribution in [3.63, 3.8) is 0 Å². The molecule has 5 nitrogen and oxygen atoms in total. The number of ether oxygens (including phenoxy) is 2. The van der Waals surface area contributed by atoms with Crippen LogP contribution >= 0.6 is 0 Å². The van der Waals surface area contributed by atoms with Crippen molar-refractivity contribution in [2.24, 2.45) is 4.99 Å². The molecule has 4 aromatic rings. The van der Waals surface area contributed by atoms with E-state index in [1.54, 1.807) is 12.1 Å². The molecule has 0 spiro atoms. The van der Waals surface area contributed by atoms with E-state index in [0.29, 0.717) is 30.8 Å². The van der Waals surface area contributed by atoms with Crippen molar-refractivity contribution in [3.05, 3.63) is 123 Å². The Morgan fingerprint density at radius 2 is 1.03 bits per heavy atom. The van der Waals surface area contributed by atoms with E-state index in [4.69, 9.17) is 14.5 Å². The van der Waals surface area contributed by atoms with Crippen LogP contribution in [0.15, 0.2) is 77.8 Å². The third-order valence-electron chi connectivity index (χ3n) is 10.9. The third kappa shape index (κ3) is 10.9. The molecule has 316 valence electrons. The van der Waals surface area contributed by atoms with Crippen molar-refractivity contribution in [2.45, 2.75) is 162 Å². The van der Waals surface area contributed by atoms with Crippen molar-refractivity contribution in [2.75, 3.05) is 13.2 Å². The van der Waals surface area contributed by atoms with Gasteiger partial charge in [-0.1, -0.05) is 146 Å². The van der Waals surface area contributed by atoms with Gasteiger partial charge in [-0.25, -0.2) is 4.39 Å². The number of halogens is 1. The molecule has 0 radical (unpaired) electrons. The van der Waals surface area contributed by atoms with Gasteiger partial charge in [0.25, 0.3) is 0 Å².